The van der Waals surface area contributed by atoms with E-state index in [1.165, 1.54) is 25.7 Å². The van der Waals surface area contributed by atoms with Gasteiger partial charge in [-0.25, -0.2) is 4.98 Å². The lowest BCUT2D eigenvalue weighted by Gasteiger charge is -2.54. The predicted octanol–water partition coefficient (Wildman–Crippen LogP) is 3.06. The fourth-order valence-corrected chi connectivity index (χ4v) is 3.98. The van der Waals surface area contributed by atoms with E-state index in [9.17, 15) is 0 Å². The van der Waals surface area contributed by atoms with E-state index in [0.717, 1.165) is 37.6 Å². The van der Waals surface area contributed by atoms with Crippen LogP contribution in [0.3, 0.4) is 0 Å². The molecule has 112 valence electrons. The molecule has 1 N–H and O–H groups in total. The zero-order valence-corrected chi connectivity index (χ0v) is 12.7. The fourth-order valence-electron chi connectivity index (χ4n) is 3.98. The Kier molecular flexibility index (Phi) is 4.13. The first-order chi connectivity index (χ1) is 9.78. The molecule has 1 spiro atoms. The molecule has 0 amide bonds. The lowest BCUT2D eigenvalue weighted by atomic mass is 9.60. The van der Waals surface area contributed by atoms with Crippen LogP contribution in [0.5, 0.6) is 0 Å². The molecular formula is C16H26N2O2. The molecule has 1 heterocycles. The Labute approximate surface area is 121 Å². The summed E-state index contributed by atoms with van der Waals surface area (Å²) in [5.74, 6) is 1.79. The van der Waals surface area contributed by atoms with Gasteiger partial charge in [0.1, 0.15) is 5.76 Å². The molecule has 2 unspecified atom stereocenters. The molecule has 0 radical (unpaired) electrons. The molecule has 4 heteroatoms. The van der Waals surface area contributed by atoms with Gasteiger partial charge in [-0.3, -0.25) is 0 Å². The summed E-state index contributed by atoms with van der Waals surface area (Å²) in [6.07, 6.45) is 9.65. The molecule has 2 aliphatic carbocycles. The van der Waals surface area contributed by atoms with E-state index in [-0.39, 0.29) is 0 Å². The van der Waals surface area contributed by atoms with Crippen LogP contribution in [0.25, 0.3) is 0 Å². The zero-order chi connectivity index (χ0) is 14.0. The van der Waals surface area contributed by atoms with Crippen molar-refractivity contribution in [3.8, 4) is 0 Å². The van der Waals surface area contributed by atoms with Gasteiger partial charge in [-0.1, -0.05) is 19.8 Å². The summed E-state index contributed by atoms with van der Waals surface area (Å²) in [4.78, 5) is 4.33. The molecule has 2 saturated carbocycles. The highest BCUT2D eigenvalue weighted by atomic mass is 16.5. The number of aromatic nitrogens is 1. The minimum atomic E-state index is 0.385. The lowest BCUT2D eigenvalue weighted by Crippen LogP contribution is -2.62. The second-order valence-corrected chi connectivity index (χ2v) is 6.13. The van der Waals surface area contributed by atoms with Gasteiger partial charge in [0.2, 0.25) is 5.89 Å². The number of nitrogens with one attached hydrogen (secondary N) is 1. The Bertz CT molecular complexity index is 437. The Morgan fingerprint density at radius 1 is 1.40 bits per heavy atom. The number of rotatable bonds is 6. The number of hydrogen-bond acceptors (Lipinski definition) is 4. The summed E-state index contributed by atoms with van der Waals surface area (Å²) in [7, 11) is 0. The van der Waals surface area contributed by atoms with E-state index in [4.69, 9.17) is 9.15 Å². The van der Waals surface area contributed by atoms with Gasteiger partial charge in [0, 0.05) is 24.5 Å². The van der Waals surface area contributed by atoms with E-state index in [0.29, 0.717) is 17.6 Å². The third-order valence-electron chi connectivity index (χ3n) is 5.14. The molecule has 0 aromatic carbocycles. The van der Waals surface area contributed by atoms with Crippen LogP contribution >= 0.6 is 0 Å². The molecule has 3 rings (SSSR count). The minimum absolute atomic E-state index is 0.385. The van der Waals surface area contributed by atoms with Crippen LogP contribution in [0.2, 0.25) is 0 Å². The number of nitrogens with zero attached hydrogens (tertiary/aromatic N) is 1. The highest BCUT2D eigenvalue weighted by Gasteiger charge is 2.56. The molecule has 4 nitrogen and oxygen atoms in total. The molecule has 2 aliphatic rings. The summed E-state index contributed by atoms with van der Waals surface area (Å²) in [6, 6.07) is 0.568. The van der Waals surface area contributed by atoms with Gasteiger partial charge in [0.25, 0.3) is 0 Å². The van der Waals surface area contributed by atoms with Crippen molar-refractivity contribution in [1.82, 2.24) is 10.3 Å². The molecule has 0 bridgehead atoms. The molecule has 20 heavy (non-hydrogen) atoms. The molecule has 1 aromatic rings. The Balaban J connectivity index is 1.57. The van der Waals surface area contributed by atoms with Gasteiger partial charge < -0.3 is 14.5 Å². The molecule has 0 saturated heterocycles. The quantitative estimate of drug-likeness (QED) is 0.868. The van der Waals surface area contributed by atoms with Crippen molar-refractivity contribution in [2.75, 3.05) is 6.61 Å². The minimum Gasteiger partial charge on any atom is -0.444 e. The summed E-state index contributed by atoms with van der Waals surface area (Å²) in [5, 5.41) is 3.66. The maximum atomic E-state index is 5.94. The normalized spacial score (nSPS) is 27.9. The number of hydrogen-bond donors (Lipinski definition) is 1. The molecule has 1 aromatic heterocycles. The van der Waals surface area contributed by atoms with Crippen LogP contribution < -0.4 is 5.32 Å². The van der Waals surface area contributed by atoms with Crippen molar-refractivity contribution in [3.63, 3.8) is 0 Å². The van der Waals surface area contributed by atoms with Gasteiger partial charge in [-0.2, -0.15) is 0 Å². The maximum absolute atomic E-state index is 5.94. The predicted molar refractivity (Wildman–Crippen MR) is 77.4 cm³/mol. The zero-order valence-electron chi connectivity index (χ0n) is 12.7. The highest BCUT2D eigenvalue weighted by molar-refractivity contribution is 5.10. The third-order valence-corrected chi connectivity index (χ3v) is 5.14. The van der Waals surface area contributed by atoms with Crippen LogP contribution in [0, 0.1) is 5.41 Å². The summed E-state index contributed by atoms with van der Waals surface area (Å²) < 4.78 is 11.6. The fraction of sp³-hybridized carbons (Fsp3) is 0.812. The van der Waals surface area contributed by atoms with Gasteiger partial charge in [-0.15, -0.1) is 0 Å². The average molecular weight is 278 g/mol. The van der Waals surface area contributed by atoms with Gasteiger partial charge >= 0.3 is 0 Å². The number of aryl methyl sites for hydroxylation is 1. The van der Waals surface area contributed by atoms with Crippen molar-refractivity contribution in [2.45, 2.75) is 71.1 Å². The lowest BCUT2D eigenvalue weighted by molar-refractivity contribution is -0.131. The van der Waals surface area contributed by atoms with E-state index < -0.39 is 0 Å². The van der Waals surface area contributed by atoms with Crippen LogP contribution in [0.4, 0.5) is 0 Å². The van der Waals surface area contributed by atoms with E-state index in [1.807, 2.05) is 6.20 Å². The van der Waals surface area contributed by atoms with Crippen molar-refractivity contribution in [3.05, 3.63) is 17.8 Å². The number of ether oxygens (including phenoxy) is 1. The molecule has 2 atom stereocenters. The Morgan fingerprint density at radius 3 is 2.85 bits per heavy atom. The van der Waals surface area contributed by atoms with E-state index >= 15 is 0 Å². The molecule has 2 fully saturated rings. The van der Waals surface area contributed by atoms with Crippen LogP contribution in [0.15, 0.2) is 10.6 Å². The second kappa shape index (κ2) is 5.86. The molecular weight excluding hydrogens is 252 g/mol. The monoisotopic (exact) mass is 278 g/mol. The van der Waals surface area contributed by atoms with Crippen molar-refractivity contribution < 1.29 is 9.15 Å². The summed E-state index contributed by atoms with van der Waals surface area (Å²) in [6.45, 7) is 5.76. The van der Waals surface area contributed by atoms with Crippen LogP contribution in [0.1, 0.15) is 57.6 Å². The van der Waals surface area contributed by atoms with Gasteiger partial charge in [0.05, 0.1) is 18.8 Å². The Hall–Kier alpha value is -0.870. The van der Waals surface area contributed by atoms with Gasteiger partial charge in [-0.05, 0) is 26.2 Å². The first kappa shape index (κ1) is 14.1. The second-order valence-electron chi connectivity index (χ2n) is 6.13. The van der Waals surface area contributed by atoms with Crippen molar-refractivity contribution >= 4 is 0 Å². The SMILES string of the molecule is CCOC1CC(NCc2ncc(CC)o2)C12CCCC2. The standard InChI is InChI=1S/C16H26N2O2/c1-3-12-10-18-15(20-12)11-17-13-9-14(19-4-2)16(13)7-5-6-8-16/h10,13-14,17H,3-9,11H2,1-2H3. The van der Waals surface area contributed by atoms with E-state index in [1.54, 1.807) is 0 Å². The van der Waals surface area contributed by atoms with Crippen molar-refractivity contribution in [2.24, 2.45) is 5.41 Å². The van der Waals surface area contributed by atoms with Crippen LogP contribution in [-0.4, -0.2) is 23.7 Å². The summed E-state index contributed by atoms with van der Waals surface area (Å²) in [5.41, 5.74) is 0.385. The topological polar surface area (TPSA) is 47.3 Å². The third kappa shape index (κ3) is 2.40. The molecule has 0 aliphatic heterocycles. The summed E-state index contributed by atoms with van der Waals surface area (Å²) >= 11 is 0. The maximum Gasteiger partial charge on any atom is 0.208 e. The van der Waals surface area contributed by atoms with Crippen molar-refractivity contribution in [1.29, 1.82) is 0 Å². The smallest absolute Gasteiger partial charge is 0.208 e. The highest BCUT2D eigenvalue weighted by Crippen LogP contribution is 2.54. The van der Waals surface area contributed by atoms with Crippen LogP contribution in [-0.2, 0) is 17.7 Å². The largest absolute Gasteiger partial charge is 0.444 e. The first-order valence-corrected chi connectivity index (χ1v) is 8.07. The van der Waals surface area contributed by atoms with Gasteiger partial charge in [0.15, 0.2) is 0 Å². The first-order valence-electron chi connectivity index (χ1n) is 8.07. The average Bonchev–Trinajstić information content (AvgIpc) is 3.11. The van der Waals surface area contributed by atoms with E-state index in [2.05, 4.69) is 24.1 Å². The number of oxazole rings is 1. The Morgan fingerprint density at radius 2 is 2.20 bits per heavy atom.